The number of nitrogens with one attached hydrogen (secondary N) is 1. The van der Waals surface area contributed by atoms with Crippen LogP contribution in [0.3, 0.4) is 0 Å². The van der Waals surface area contributed by atoms with Gasteiger partial charge in [-0.15, -0.1) is 0 Å². The van der Waals surface area contributed by atoms with Crippen LogP contribution in [0.15, 0.2) is 48.5 Å². The van der Waals surface area contributed by atoms with Crippen LogP contribution < -0.4 is 10.1 Å². The lowest BCUT2D eigenvalue weighted by Gasteiger charge is -2.10. The Morgan fingerprint density at radius 2 is 1.74 bits per heavy atom. The molecule has 1 N–H and O–H groups in total. The summed E-state index contributed by atoms with van der Waals surface area (Å²) in [6.45, 7) is 4.08. The maximum absolute atomic E-state index is 5.65. The molecule has 0 aliphatic rings. The van der Waals surface area contributed by atoms with Gasteiger partial charge in [-0.25, -0.2) is 0 Å². The first-order valence-corrected chi connectivity index (χ1v) is 6.69. The maximum Gasteiger partial charge on any atom is 0.119 e. The number of benzene rings is 2. The van der Waals surface area contributed by atoms with Crippen LogP contribution in [0.1, 0.15) is 25.0 Å². The van der Waals surface area contributed by atoms with Crippen LogP contribution in [0.4, 0.5) is 5.69 Å². The van der Waals surface area contributed by atoms with Crippen molar-refractivity contribution >= 4 is 5.69 Å². The van der Waals surface area contributed by atoms with Gasteiger partial charge in [0.1, 0.15) is 5.75 Å². The number of hydrogen-bond donors (Lipinski definition) is 1. The number of ether oxygens (including phenoxy) is 1. The summed E-state index contributed by atoms with van der Waals surface area (Å²) in [6.07, 6.45) is 1.16. The van der Waals surface area contributed by atoms with Crippen molar-refractivity contribution < 1.29 is 4.74 Å². The Kier molecular flexibility index (Phi) is 4.45. The van der Waals surface area contributed by atoms with E-state index in [2.05, 4.69) is 41.7 Å². The van der Waals surface area contributed by atoms with Crippen LogP contribution in [0.2, 0.25) is 0 Å². The van der Waals surface area contributed by atoms with E-state index in [0.29, 0.717) is 0 Å². The summed E-state index contributed by atoms with van der Waals surface area (Å²) in [4.78, 5) is 0. The molecule has 0 bridgehead atoms. The first kappa shape index (κ1) is 13.5. The summed E-state index contributed by atoms with van der Waals surface area (Å²) in [5.41, 5.74) is 3.76. The van der Waals surface area contributed by atoms with Gasteiger partial charge in [0, 0.05) is 12.7 Å². The molecule has 0 radical (unpaired) electrons. The average Bonchev–Trinajstić information content (AvgIpc) is 2.41. The van der Waals surface area contributed by atoms with Crippen LogP contribution in [-0.2, 0) is 6.42 Å². The Labute approximate surface area is 115 Å². The molecule has 0 saturated heterocycles. The van der Waals surface area contributed by atoms with E-state index in [1.54, 1.807) is 0 Å². The summed E-state index contributed by atoms with van der Waals surface area (Å²) in [5, 5.41) is 3.16. The molecule has 100 valence electrons. The Morgan fingerprint density at radius 3 is 2.37 bits per heavy atom. The van der Waals surface area contributed by atoms with Crippen LogP contribution in [0.5, 0.6) is 5.75 Å². The maximum atomic E-state index is 5.65. The van der Waals surface area contributed by atoms with Gasteiger partial charge in [0.15, 0.2) is 0 Å². The zero-order valence-corrected chi connectivity index (χ0v) is 11.8. The quantitative estimate of drug-likeness (QED) is 0.868. The SMILES string of the molecule is CNc1cccc(Cc2ccc(OC(C)C)cc2)c1. The monoisotopic (exact) mass is 255 g/mol. The Morgan fingerprint density at radius 1 is 1.00 bits per heavy atom. The second kappa shape index (κ2) is 6.28. The van der Waals surface area contributed by atoms with Crippen molar-refractivity contribution in [2.45, 2.75) is 26.4 Å². The van der Waals surface area contributed by atoms with Crippen molar-refractivity contribution in [1.82, 2.24) is 0 Å². The van der Waals surface area contributed by atoms with E-state index >= 15 is 0 Å². The number of rotatable bonds is 5. The fourth-order valence-electron chi connectivity index (χ4n) is 2.03. The van der Waals surface area contributed by atoms with E-state index < -0.39 is 0 Å². The normalized spacial score (nSPS) is 10.5. The highest BCUT2D eigenvalue weighted by atomic mass is 16.5. The minimum atomic E-state index is 0.221. The van der Waals surface area contributed by atoms with Gasteiger partial charge in [-0.3, -0.25) is 0 Å². The molecule has 0 aliphatic heterocycles. The highest BCUT2D eigenvalue weighted by Crippen LogP contribution is 2.18. The molecule has 0 atom stereocenters. The molecule has 0 heterocycles. The molecular formula is C17H21NO. The molecule has 2 heteroatoms. The Hall–Kier alpha value is -1.96. The van der Waals surface area contributed by atoms with Gasteiger partial charge >= 0.3 is 0 Å². The lowest BCUT2D eigenvalue weighted by Crippen LogP contribution is -2.05. The number of hydrogen-bond acceptors (Lipinski definition) is 2. The summed E-state index contributed by atoms with van der Waals surface area (Å²) >= 11 is 0. The molecule has 19 heavy (non-hydrogen) atoms. The van der Waals surface area contributed by atoms with E-state index in [0.717, 1.165) is 17.9 Å². The van der Waals surface area contributed by atoms with Crippen LogP contribution >= 0.6 is 0 Å². The van der Waals surface area contributed by atoms with Gasteiger partial charge in [0.25, 0.3) is 0 Å². The third kappa shape index (κ3) is 4.02. The Balaban J connectivity index is 2.06. The Bertz CT molecular complexity index is 517. The van der Waals surface area contributed by atoms with Crippen LogP contribution in [0.25, 0.3) is 0 Å². The van der Waals surface area contributed by atoms with Gasteiger partial charge in [-0.05, 0) is 55.7 Å². The van der Waals surface area contributed by atoms with Crippen molar-refractivity contribution in [2.24, 2.45) is 0 Å². The third-order valence-electron chi connectivity index (χ3n) is 2.92. The van der Waals surface area contributed by atoms with Gasteiger partial charge < -0.3 is 10.1 Å². The molecule has 0 fully saturated rings. The first-order chi connectivity index (χ1) is 9.17. The van der Waals surface area contributed by atoms with E-state index in [4.69, 9.17) is 4.74 Å². The second-order valence-corrected chi connectivity index (χ2v) is 4.94. The molecular weight excluding hydrogens is 234 g/mol. The van der Waals surface area contributed by atoms with E-state index in [1.165, 1.54) is 11.1 Å². The van der Waals surface area contributed by atoms with Crippen LogP contribution in [-0.4, -0.2) is 13.2 Å². The predicted octanol–water partition coefficient (Wildman–Crippen LogP) is 4.11. The molecule has 2 aromatic carbocycles. The topological polar surface area (TPSA) is 21.3 Å². The molecule has 0 amide bonds. The molecule has 0 saturated carbocycles. The van der Waals surface area contributed by atoms with Crippen LogP contribution in [0, 0.1) is 0 Å². The highest BCUT2D eigenvalue weighted by Gasteiger charge is 2.00. The minimum absolute atomic E-state index is 0.221. The van der Waals surface area contributed by atoms with Gasteiger partial charge in [0.05, 0.1) is 6.10 Å². The summed E-state index contributed by atoms with van der Waals surface area (Å²) in [7, 11) is 1.94. The predicted molar refractivity (Wildman–Crippen MR) is 81.0 cm³/mol. The zero-order chi connectivity index (χ0) is 13.7. The first-order valence-electron chi connectivity index (χ1n) is 6.69. The molecule has 0 unspecified atom stereocenters. The van der Waals surface area contributed by atoms with Gasteiger partial charge in [-0.2, -0.15) is 0 Å². The summed E-state index contributed by atoms with van der Waals surface area (Å²) < 4.78 is 5.65. The average molecular weight is 255 g/mol. The highest BCUT2D eigenvalue weighted by molar-refractivity contribution is 5.46. The molecule has 0 aromatic heterocycles. The fraction of sp³-hybridized carbons (Fsp3) is 0.294. The van der Waals surface area contributed by atoms with E-state index in [9.17, 15) is 0 Å². The second-order valence-electron chi connectivity index (χ2n) is 4.94. The molecule has 2 nitrogen and oxygen atoms in total. The van der Waals surface area contributed by atoms with E-state index in [1.807, 2.05) is 33.0 Å². The van der Waals surface area contributed by atoms with Gasteiger partial charge in [-0.1, -0.05) is 24.3 Å². The minimum Gasteiger partial charge on any atom is -0.491 e. The number of anilines is 1. The smallest absolute Gasteiger partial charge is 0.119 e. The molecule has 2 aromatic rings. The zero-order valence-electron chi connectivity index (χ0n) is 11.8. The van der Waals surface area contributed by atoms with Crippen molar-refractivity contribution in [1.29, 1.82) is 0 Å². The lowest BCUT2D eigenvalue weighted by atomic mass is 10.0. The fourth-order valence-corrected chi connectivity index (χ4v) is 2.03. The van der Waals surface area contributed by atoms with Crippen molar-refractivity contribution in [3.05, 3.63) is 59.7 Å². The third-order valence-corrected chi connectivity index (χ3v) is 2.92. The lowest BCUT2D eigenvalue weighted by molar-refractivity contribution is 0.242. The standard InChI is InChI=1S/C17H21NO/c1-13(2)19-17-9-7-14(8-10-17)11-15-5-4-6-16(12-15)18-3/h4-10,12-13,18H,11H2,1-3H3. The summed E-state index contributed by atoms with van der Waals surface area (Å²) in [5.74, 6) is 0.933. The van der Waals surface area contributed by atoms with Crippen molar-refractivity contribution in [2.75, 3.05) is 12.4 Å². The van der Waals surface area contributed by atoms with Crippen molar-refractivity contribution in [3.63, 3.8) is 0 Å². The summed E-state index contributed by atoms with van der Waals surface area (Å²) in [6, 6.07) is 16.8. The molecule has 0 spiro atoms. The van der Waals surface area contributed by atoms with E-state index in [-0.39, 0.29) is 6.10 Å². The van der Waals surface area contributed by atoms with Gasteiger partial charge in [0.2, 0.25) is 0 Å². The molecule has 2 rings (SSSR count). The molecule has 0 aliphatic carbocycles. The largest absolute Gasteiger partial charge is 0.491 e. The van der Waals surface area contributed by atoms with Crippen molar-refractivity contribution in [3.8, 4) is 5.75 Å².